The second kappa shape index (κ2) is 13.2. The Morgan fingerprint density at radius 2 is 1.52 bits per heavy atom. The van der Waals surface area contributed by atoms with Gasteiger partial charge in [-0.1, -0.05) is 57.9 Å². The highest BCUT2D eigenvalue weighted by Gasteiger charge is 2.38. The molecular weight excluding hydrogens is 442 g/mol. The summed E-state index contributed by atoms with van der Waals surface area (Å²) in [5, 5.41) is 1.58. The van der Waals surface area contributed by atoms with E-state index < -0.39 is 38.0 Å². The van der Waals surface area contributed by atoms with Gasteiger partial charge >= 0.3 is 0 Å². The van der Waals surface area contributed by atoms with Crippen LogP contribution in [0.2, 0.25) is 0 Å². The topological polar surface area (TPSA) is 72.2 Å². The lowest BCUT2D eigenvalue weighted by Gasteiger charge is -2.29. The zero-order valence-electron chi connectivity index (χ0n) is 20.0. The molecule has 2 aromatic rings. The molecule has 0 fully saturated rings. The summed E-state index contributed by atoms with van der Waals surface area (Å²) in [6.45, 7) is 7.11. The number of sulfone groups is 1. The Morgan fingerprint density at radius 1 is 0.909 bits per heavy atom. The molecule has 0 spiro atoms. The monoisotopic (exact) mass is 480 g/mol. The fourth-order valence-electron chi connectivity index (χ4n) is 4.36. The van der Waals surface area contributed by atoms with Gasteiger partial charge in [0.15, 0.2) is 9.84 Å². The van der Waals surface area contributed by atoms with Crippen molar-refractivity contribution in [2.45, 2.75) is 82.4 Å². The van der Waals surface area contributed by atoms with Crippen molar-refractivity contribution in [1.29, 1.82) is 0 Å². The molecule has 0 radical (unpaired) electrons. The van der Waals surface area contributed by atoms with E-state index in [2.05, 4.69) is 24.4 Å². The summed E-state index contributed by atoms with van der Waals surface area (Å²) in [4.78, 5) is 0. The fourth-order valence-corrected chi connectivity index (χ4v) is 7.04. The van der Waals surface area contributed by atoms with Gasteiger partial charge in [0.1, 0.15) is 16.9 Å². The third kappa shape index (κ3) is 7.87. The Bertz CT molecular complexity index is 956. The minimum atomic E-state index is -3.76. The van der Waals surface area contributed by atoms with Gasteiger partial charge in [0.25, 0.3) is 0 Å². The van der Waals surface area contributed by atoms with E-state index in [0.717, 1.165) is 30.2 Å². The summed E-state index contributed by atoms with van der Waals surface area (Å²) in [5.74, 6) is -1.59. The largest absolute Gasteiger partial charge is 0.326 e. The summed E-state index contributed by atoms with van der Waals surface area (Å²) >= 11 is 0. The molecule has 0 aliphatic rings. The molecule has 0 aromatic heterocycles. The lowest BCUT2D eigenvalue weighted by atomic mass is 10.0. The minimum absolute atomic E-state index is 0.0906. The molecule has 7 heteroatoms. The van der Waals surface area contributed by atoms with Gasteiger partial charge < -0.3 is 11.1 Å². The molecule has 0 saturated heterocycles. The molecule has 2 aromatic carbocycles. The lowest BCUT2D eigenvalue weighted by molar-refractivity contribution is 0.496. The van der Waals surface area contributed by atoms with Crippen molar-refractivity contribution in [3.8, 4) is 0 Å². The summed E-state index contributed by atoms with van der Waals surface area (Å²) in [7, 11) is -3.76. The average Bonchev–Trinajstić information content (AvgIpc) is 2.76. The van der Waals surface area contributed by atoms with Crippen LogP contribution in [-0.2, 0) is 22.8 Å². The predicted molar refractivity (Wildman–Crippen MR) is 132 cm³/mol. The van der Waals surface area contributed by atoms with Crippen LogP contribution in [0, 0.1) is 11.6 Å². The Kier molecular flexibility index (Phi) is 10.9. The number of hydrogen-bond donors (Lipinski definition) is 2. The zero-order valence-corrected chi connectivity index (χ0v) is 20.8. The quantitative estimate of drug-likeness (QED) is 0.352. The standard InChI is InChI=1S/C26H38F2N2O2S/c1-4-8-24(9-5-2)33(31,32)26(21-15-22(27)17-23(28)16-21)25(29)12-13-30-18-20-11-7-10-19(6-3)14-20/h7,10-11,14-17,24-26,30H,4-6,8-9,12-13,18,29H2,1-3H3/t25-,26?/m0/s1. The normalized spacial score (nSPS) is 13.9. The Labute approximate surface area is 197 Å². The second-order valence-corrected chi connectivity index (χ2v) is 11.1. The molecule has 3 N–H and O–H groups in total. The summed E-state index contributed by atoms with van der Waals surface area (Å²) in [6, 6.07) is 10.4. The van der Waals surface area contributed by atoms with Crippen LogP contribution in [-0.4, -0.2) is 26.3 Å². The van der Waals surface area contributed by atoms with E-state index in [-0.39, 0.29) is 5.56 Å². The molecule has 2 atom stereocenters. The van der Waals surface area contributed by atoms with Gasteiger partial charge in [-0.25, -0.2) is 17.2 Å². The van der Waals surface area contributed by atoms with Crippen LogP contribution in [0.1, 0.15) is 74.8 Å². The molecule has 184 valence electrons. The molecule has 0 heterocycles. The summed E-state index contributed by atoms with van der Waals surface area (Å²) < 4.78 is 55.3. The number of halogens is 2. The van der Waals surface area contributed by atoms with Gasteiger partial charge in [0, 0.05) is 18.7 Å². The first-order valence-electron chi connectivity index (χ1n) is 12.0. The Balaban J connectivity index is 2.21. The lowest BCUT2D eigenvalue weighted by Crippen LogP contribution is -2.40. The number of benzene rings is 2. The SMILES string of the molecule is CCCC(CCC)S(=O)(=O)C(c1cc(F)cc(F)c1)[C@@H](N)CCNCc1cccc(CC)c1. The number of rotatable bonds is 14. The van der Waals surface area contributed by atoms with Gasteiger partial charge in [0.2, 0.25) is 0 Å². The maximum Gasteiger partial charge on any atom is 0.161 e. The van der Waals surface area contributed by atoms with Crippen molar-refractivity contribution in [3.05, 3.63) is 70.8 Å². The molecule has 0 aliphatic carbocycles. The zero-order chi connectivity index (χ0) is 24.4. The maximum absolute atomic E-state index is 14.0. The highest BCUT2D eigenvalue weighted by atomic mass is 32.2. The van der Waals surface area contributed by atoms with E-state index >= 15 is 0 Å². The van der Waals surface area contributed by atoms with E-state index in [9.17, 15) is 17.2 Å². The minimum Gasteiger partial charge on any atom is -0.326 e. The van der Waals surface area contributed by atoms with E-state index in [0.29, 0.717) is 45.2 Å². The molecule has 4 nitrogen and oxygen atoms in total. The number of hydrogen-bond acceptors (Lipinski definition) is 4. The van der Waals surface area contributed by atoms with E-state index in [1.54, 1.807) is 0 Å². The van der Waals surface area contributed by atoms with Crippen molar-refractivity contribution in [2.24, 2.45) is 5.73 Å². The second-order valence-electron chi connectivity index (χ2n) is 8.71. The fraction of sp³-hybridized carbons (Fsp3) is 0.538. The third-order valence-corrected chi connectivity index (χ3v) is 8.76. The van der Waals surface area contributed by atoms with Crippen molar-refractivity contribution < 1.29 is 17.2 Å². The molecule has 0 bridgehead atoms. The molecule has 33 heavy (non-hydrogen) atoms. The van der Waals surface area contributed by atoms with Gasteiger partial charge in [-0.3, -0.25) is 0 Å². The smallest absolute Gasteiger partial charge is 0.161 e. The van der Waals surface area contributed by atoms with Crippen LogP contribution in [0.25, 0.3) is 0 Å². The first-order valence-corrected chi connectivity index (χ1v) is 13.6. The van der Waals surface area contributed by atoms with Gasteiger partial charge in [-0.2, -0.15) is 0 Å². The van der Waals surface area contributed by atoms with E-state index in [1.807, 2.05) is 26.0 Å². The van der Waals surface area contributed by atoms with Crippen molar-refractivity contribution >= 4 is 9.84 Å². The van der Waals surface area contributed by atoms with Crippen molar-refractivity contribution in [1.82, 2.24) is 5.32 Å². The van der Waals surface area contributed by atoms with E-state index in [1.165, 1.54) is 5.56 Å². The first-order chi connectivity index (χ1) is 15.7. The molecule has 1 unspecified atom stereocenters. The molecular formula is C26H38F2N2O2S. The van der Waals surface area contributed by atoms with Crippen molar-refractivity contribution in [2.75, 3.05) is 6.54 Å². The van der Waals surface area contributed by atoms with Crippen LogP contribution >= 0.6 is 0 Å². The van der Waals surface area contributed by atoms with Crippen LogP contribution in [0.15, 0.2) is 42.5 Å². The van der Waals surface area contributed by atoms with E-state index in [4.69, 9.17) is 5.73 Å². The van der Waals surface area contributed by atoms with Crippen LogP contribution in [0.5, 0.6) is 0 Å². The van der Waals surface area contributed by atoms with Gasteiger partial charge in [-0.05, 0) is 61.1 Å². The van der Waals surface area contributed by atoms with Gasteiger partial charge in [-0.15, -0.1) is 0 Å². The predicted octanol–water partition coefficient (Wildman–Crippen LogP) is 5.46. The maximum atomic E-state index is 14.0. The number of aryl methyl sites for hydroxylation is 1. The average molecular weight is 481 g/mol. The number of nitrogens with two attached hydrogens (primary N) is 1. The highest BCUT2D eigenvalue weighted by Crippen LogP contribution is 2.34. The Morgan fingerprint density at radius 3 is 2.09 bits per heavy atom. The number of nitrogens with one attached hydrogen (secondary N) is 1. The summed E-state index contributed by atoms with van der Waals surface area (Å²) in [6.07, 6.45) is 3.75. The molecule has 2 rings (SSSR count). The molecule has 0 amide bonds. The van der Waals surface area contributed by atoms with Gasteiger partial charge in [0.05, 0.1) is 5.25 Å². The first kappa shape index (κ1) is 27.4. The molecule has 0 saturated carbocycles. The van der Waals surface area contributed by atoms with Crippen LogP contribution in [0.3, 0.4) is 0 Å². The van der Waals surface area contributed by atoms with Crippen molar-refractivity contribution in [3.63, 3.8) is 0 Å². The highest BCUT2D eigenvalue weighted by molar-refractivity contribution is 7.92. The summed E-state index contributed by atoms with van der Waals surface area (Å²) in [5.41, 5.74) is 8.91. The van der Waals surface area contributed by atoms with Crippen LogP contribution in [0.4, 0.5) is 8.78 Å². The molecule has 0 aliphatic heterocycles. The third-order valence-electron chi connectivity index (χ3n) is 6.03. The Hall–Kier alpha value is -1.83. The van der Waals surface area contributed by atoms with Crippen LogP contribution < -0.4 is 11.1 Å².